The van der Waals surface area contributed by atoms with Crippen molar-refractivity contribution in [2.24, 2.45) is 0 Å². The fourth-order valence-electron chi connectivity index (χ4n) is 2.56. The number of hydrogen-bond donors (Lipinski definition) is 2. The molecule has 0 aliphatic heterocycles. The molecule has 0 saturated carbocycles. The van der Waals surface area contributed by atoms with Crippen molar-refractivity contribution in [2.75, 3.05) is 17.1 Å². The Balaban J connectivity index is 1.69. The van der Waals surface area contributed by atoms with Gasteiger partial charge in [0.25, 0.3) is 10.0 Å². The van der Waals surface area contributed by atoms with Crippen LogP contribution in [0.5, 0.6) is 5.75 Å². The first kappa shape index (κ1) is 18.6. The molecule has 1 aromatic carbocycles. The van der Waals surface area contributed by atoms with Crippen LogP contribution in [-0.2, 0) is 16.6 Å². The van der Waals surface area contributed by atoms with Crippen LogP contribution in [0, 0.1) is 13.8 Å². The lowest BCUT2D eigenvalue weighted by Crippen LogP contribution is -2.16. The number of benzene rings is 1. The maximum Gasteiger partial charge on any atom is 0.268 e. The lowest BCUT2D eigenvalue weighted by atomic mass is 10.2. The summed E-state index contributed by atoms with van der Waals surface area (Å²) in [6.45, 7) is 3.58. The zero-order valence-corrected chi connectivity index (χ0v) is 15.9. The lowest BCUT2D eigenvalue weighted by Gasteiger charge is -2.10. The lowest BCUT2D eigenvalue weighted by molar-refractivity contribution is 0.390. The molecular formula is C17H19N5O4S. The fraction of sp³-hybridized carbons (Fsp3) is 0.235. The first-order valence-electron chi connectivity index (χ1n) is 8.06. The standard InChI is InChI=1S/C17H19N5O4S/c1-11-17(12(2)26-21-11)27(23,24)22-16-9-8-15(19-20-16)18-10-13-6-4-5-7-14(13)25-3/h4-9H,10H2,1-3H3,(H,18,19)(H,20,22). The van der Waals surface area contributed by atoms with Crippen molar-refractivity contribution < 1.29 is 17.7 Å². The molecular weight excluding hydrogens is 370 g/mol. The highest BCUT2D eigenvalue weighted by molar-refractivity contribution is 7.92. The predicted octanol–water partition coefficient (Wildman–Crippen LogP) is 2.50. The van der Waals surface area contributed by atoms with E-state index >= 15 is 0 Å². The minimum Gasteiger partial charge on any atom is -0.496 e. The van der Waals surface area contributed by atoms with E-state index in [0.717, 1.165) is 11.3 Å². The van der Waals surface area contributed by atoms with Crippen molar-refractivity contribution in [2.45, 2.75) is 25.3 Å². The van der Waals surface area contributed by atoms with E-state index in [0.29, 0.717) is 12.4 Å². The number of methoxy groups -OCH3 is 1. The van der Waals surface area contributed by atoms with Gasteiger partial charge in [-0.3, -0.25) is 4.72 Å². The summed E-state index contributed by atoms with van der Waals surface area (Å²) in [6.07, 6.45) is 0. The van der Waals surface area contributed by atoms with Crippen LogP contribution in [0.25, 0.3) is 0 Å². The topological polar surface area (TPSA) is 119 Å². The second kappa shape index (κ2) is 7.62. The number of para-hydroxylation sites is 1. The highest BCUT2D eigenvalue weighted by atomic mass is 32.2. The van der Waals surface area contributed by atoms with E-state index in [9.17, 15) is 8.42 Å². The van der Waals surface area contributed by atoms with Crippen molar-refractivity contribution >= 4 is 21.7 Å². The van der Waals surface area contributed by atoms with Gasteiger partial charge in [0.1, 0.15) is 17.3 Å². The Morgan fingerprint density at radius 2 is 1.78 bits per heavy atom. The summed E-state index contributed by atoms with van der Waals surface area (Å²) in [7, 11) is -2.24. The first-order valence-corrected chi connectivity index (χ1v) is 9.54. The van der Waals surface area contributed by atoms with E-state index in [1.807, 2.05) is 24.3 Å². The summed E-state index contributed by atoms with van der Waals surface area (Å²) in [6, 6.07) is 10.8. The van der Waals surface area contributed by atoms with Gasteiger partial charge in [-0.1, -0.05) is 23.4 Å². The molecule has 9 nitrogen and oxygen atoms in total. The summed E-state index contributed by atoms with van der Waals surface area (Å²) in [5.74, 6) is 1.57. The predicted molar refractivity (Wildman–Crippen MR) is 99.1 cm³/mol. The van der Waals surface area contributed by atoms with Crippen molar-refractivity contribution in [3.05, 3.63) is 53.4 Å². The smallest absolute Gasteiger partial charge is 0.268 e. The zero-order chi connectivity index (χ0) is 19.4. The molecule has 3 aromatic rings. The molecule has 0 radical (unpaired) electrons. The zero-order valence-electron chi connectivity index (χ0n) is 15.1. The van der Waals surface area contributed by atoms with Gasteiger partial charge in [0.05, 0.1) is 7.11 Å². The largest absolute Gasteiger partial charge is 0.496 e. The average molecular weight is 389 g/mol. The number of aromatic nitrogens is 3. The van der Waals surface area contributed by atoms with Crippen LogP contribution < -0.4 is 14.8 Å². The van der Waals surface area contributed by atoms with Gasteiger partial charge >= 0.3 is 0 Å². The van der Waals surface area contributed by atoms with E-state index in [4.69, 9.17) is 9.26 Å². The summed E-state index contributed by atoms with van der Waals surface area (Å²) in [5.41, 5.74) is 1.24. The van der Waals surface area contributed by atoms with E-state index in [1.165, 1.54) is 13.0 Å². The van der Waals surface area contributed by atoms with Gasteiger partial charge < -0.3 is 14.6 Å². The molecule has 0 unspecified atom stereocenters. The van der Waals surface area contributed by atoms with Crippen LogP contribution in [0.15, 0.2) is 45.8 Å². The van der Waals surface area contributed by atoms with Crippen LogP contribution in [0.2, 0.25) is 0 Å². The van der Waals surface area contributed by atoms with Crippen molar-refractivity contribution in [3.63, 3.8) is 0 Å². The molecule has 2 aromatic heterocycles. The molecule has 0 aliphatic rings. The molecule has 27 heavy (non-hydrogen) atoms. The number of aryl methyl sites for hydroxylation is 2. The summed E-state index contributed by atoms with van der Waals surface area (Å²) in [4.78, 5) is 0.00248. The van der Waals surface area contributed by atoms with Gasteiger partial charge in [-0.15, -0.1) is 10.2 Å². The minimum absolute atomic E-state index is 0.00248. The van der Waals surface area contributed by atoms with Gasteiger partial charge in [0.15, 0.2) is 16.5 Å². The Hall–Kier alpha value is -3.14. The molecule has 2 N–H and O–H groups in total. The van der Waals surface area contributed by atoms with Crippen LogP contribution >= 0.6 is 0 Å². The normalized spacial score (nSPS) is 11.2. The highest BCUT2D eigenvalue weighted by Crippen LogP contribution is 2.22. The molecule has 0 aliphatic carbocycles. The SMILES string of the molecule is COc1ccccc1CNc1ccc(NS(=O)(=O)c2c(C)noc2C)nn1. The maximum absolute atomic E-state index is 12.5. The molecule has 0 saturated heterocycles. The molecule has 0 spiro atoms. The number of anilines is 2. The molecule has 3 rings (SSSR count). The number of nitrogens with one attached hydrogen (secondary N) is 2. The Kier molecular flexibility index (Phi) is 5.26. The fourth-order valence-corrected chi connectivity index (χ4v) is 3.89. The van der Waals surface area contributed by atoms with Gasteiger partial charge in [-0.2, -0.15) is 0 Å². The van der Waals surface area contributed by atoms with E-state index in [-0.39, 0.29) is 22.2 Å². The summed E-state index contributed by atoms with van der Waals surface area (Å²) < 4.78 is 37.5. The van der Waals surface area contributed by atoms with Crippen LogP contribution in [0.3, 0.4) is 0 Å². The molecule has 0 amide bonds. The number of rotatable bonds is 7. The molecule has 0 bridgehead atoms. The third-order valence-electron chi connectivity index (χ3n) is 3.79. The summed E-state index contributed by atoms with van der Waals surface area (Å²) in [5, 5.41) is 14.7. The van der Waals surface area contributed by atoms with Gasteiger partial charge in [0.2, 0.25) is 0 Å². The molecule has 0 atom stereocenters. The van der Waals surface area contributed by atoms with E-state index in [1.54, 1.807) is 20.1 Å². The van der Waals surface area contributed by atoms with E-state index < -0.39 is 10.0 Å². The average Bonchev–Trinajstić information content (AvgIpc) is 3.00. The highest BCUT2D eigenvalue weighted by Gasteiger charge is 2.24. The molecule has 0 fully saturated rings. The Morgan fingerprint density at radius 3 is 2.41 bits per heavy atom. The van der Waals surface area contributed by atoms with Gasteiger partial charge in [-0.05, 0) is 32.0 Å². The monoisotopic (exact) mass is 389 g/mol. The van der Waals surface area contributed by atoms with Crippen molar-refractivity contribution in [1.82, 2.24) is 15.4 Å². The molecule has 10 heteroatoms. The van der Waals surface area contributed by atoms with Crippen LogP contribution in [0.1, 0.15) is 17.0 Å². The summed E-state index contributed by atoms with van der Waals surface area (Å²) >= 11 is 0. The van der Waals surface area contributed by atoms with Crippen LogP contribution in [-0.4, -0.2) is 30.9 Å². The van der Waals surface area contributed by atoms with Crippen LogP contribution in [0.4, 0.5) is 11.6 Å². The van der Waals surface area contributed by atoms with Gasteiger partial charge in [-0.25, -0.2) is 8.42 Å². The van der Waals surface area contributed by atoms with Gasteiger partial charge in [0, 0.05) is 12.1 Å². The minimum atomic E-state index is -3.85. The van der Waals surface area contributed by atoms with Crippen molar-refractivity contribution in [1.29, 1.82) is 0 Å². The number of ether oxygens (including phenoxy) is 1. The Morgan fingerprint density at radius 1 is 1.07 bits per heavy atom. The third kappa shape index (κ3) is 4.17. The second-order valence-corrected chi connectivity index (χ2v) is 7.35. The third-order valence-corrected chi connectivity index (χ3v) is 5.39. The quantitative estimate of drug-likeness (QED) is 0.632. The molecule has 2 heterocycles. The maximum atomic E-state index is 12.5. The number of nitrogens with zero attached hydrogens (tertiary/aromatic N) is 3. The number of sulfonamides is 1. The van der Waals surface area contributed by atoms with Crippen molar-refractivity contribution in [3.8, 4) is 5.75 Å². The second-order valence-electron chi connectivity index (χ2n) is 5.73. The molecule has 142 valence electrons. The Labute approximate surface area is 156 Å². The first-order chi connectivity index (χ1) is 12.9. The van der Waals surface area contributed by atoms with E-state index in [2.05, 4.69) is 25.4 Å². The Bertz CT molecular complexity index is 1010. The number of hydrogen-bond acceptors (Lipinski definition) is 8.